The third-order valence-corrected chi connectivity index (χ3v) is 3.36. The lowest BCUT2D eigenvalue weighted by atomic mass is 10.2. The second-order valence-electron chi connectivity index (χ2n) is 3.63. The van der Waals surface area contributed by atoms with Crippen molar-refractivity contribution in [3.8, 4) is 0 Å². The van der Waals surface area contributed by atoms with E-state index in [0.29, 0.717) is 18.2 Å². The number of carbonyl (C=O) groups excluding carboxylic acids is 1. The Hall–Kier alpha value is -1.10. The number of aliphatic imine (C=N–C) groups is 1. The number of likely N-dealkylation sites (tertiary alicyclic amines) is 1. The second-order valence-corrected chi connectivity index (χ2v) is 4.28. The van der Waals surface area contributed by atoms with Crippen molar-refractivity contribution in [1.82, 2.24) is 10.2 Å². The first-order valence-electron chi connectivity index (χ1n) is 4.77. The van der Waals surface area contributed by atoms with Crippen LogP contribution in [0.5, 0.6) is 0 Å². The quantitative estimate of drug-likeness (QED) is 0.767. The van der Waals surface area contributed by atoms with E-state index in [1.54, 1.807) is 17.2 Å². The molecule has 1 N–H and O–H groups in total. The molecular weight excluding hydrogens is 258 g/mol. The van der Waals surface area contributed by atoms with Gasteiger partial charge in [0, 0.05) is 24.5 Å². The van der Waals surface area contributed by atoms with Crippen LogP contribution in [0, 0.1) is 5.92 Å². The van der Waals surface area contributed by atoms with E-state index in [4.69, 9.17) is 0 Å². The molecule has 1 amide bonds. The van der Waals surface area contributed by atoms with Gasteiger partial charge in [0.15, 0.2) is 0 Å². The minimum Gasteiger partial charge on any atom is -0.327 e. The number of alkyl halides is 1. The van der Waals surface area contributed by atoms with E-state index in [0.717, 1.165) is 17.7 Å². The highest BCUT2D eigenvalue weighted by molar-refractivity contribution is 9.09. The molecule has 0 spiro atoms. The third kappa shape index (κ3) is 2.12. The van der Waals surface area contributed by atoms with Crippen molar-refractivity contribution in [3.05, 3.63) is 24.3 Å². The number of nitrogens with zero attached hydrogens (tertiary/aromatic N) is 2. The zero-order valence-corrected chi connectivity index (χ0v) is 9.83. The van der Waals surface area contributed by atoms with Crippen LogP contribution in [0.3, 0.4) is 0 Å². The average molecular weight is 270 g/mol. The molecular formula is C10H12BrN3O. The number of nitrogens with one attached hydrogen (secondary N) is 1. The molecule has 0 radical (unpaired) electrons. The van der Waals surface area contributed by atoms with E-state index in [1.165, 1.54) is 0 Å². The number of halogens is 1. The number of amides is 1. The lowest BCUT2D eigenvalue weighted by Gasteiger charge is -2.22. The molecule has 0 saturated carbocycles. The predicted octanol–water partition coefficient (Wildman–Crippen LogP) is 1.22. The maximum Gasteiger partial charge on any atom is 0.228 e. The fourth-order valence-electron chi connectivity index (χ4n) is 1.69. The number of allylic oxidation sites excluding steroid dienone is 1. The van der Waals surface area contributed by atoms with Gasteiger partial charge >= 0.3 is 0 Å². The highest BCUT2D eigenvalue weighted by Gasteiger charge is 2.31. The van der Waals surface area contributed by atoms with Gasteiger partial charge in [0.1, 0.15) is 11.6 Å². The van der Waals surface area contributed by atoms with E-state index in [2.05, 4.69) is 32.8 Å². The molecule has 0 aromatic rings. The van der Waals surface area contributed by atoms with Crippen LogP contribution in [0.1, 0.15) is 6.42 Å². The van der Waals surface area contributed by atoms with Crippen LogP contribution in [0.4, 0.5) is 0 Å². The Labute approximate surface area is 96.9 Å². The van der Waals surface area contributed by atoms with Gasteiger partial charge in [-0.2, -0.15) is 0 Å². The van der Waals surface area contributed by atoms with Gasteiger partial charge in [-0.15, -0.1) is 0 Å². The van der Waals surface area contributed by atoms with Crippen LogP contribution in [0.15, 0.2) is 29.3 Å². The van der Waals surface area contributed by atoms with Crippen molar-refractivity contribution in [2.45, 2.75) is 6.42 Å². The zero-order chi connectivity index (χ0) is 10.8. The highest BCUT2D eigenvalue weighted by atomic mass is 79.9. The predicted molar refractivity (Wildman–Crippen MR) is 62.5 cm³/mol. The molecule has 0 bridgehead atoms. The van der Waals surface area contributed by atoms with Gasteiger partial charge in [0.05, 0.1) is 0 Å². The monoisotopic (exact) mass is 269 g/mol. The van der Waals surface area contributed by atoms with Crippen LogP contribution < -0.4 is 5.32 Å². The smallest absolute Gasteiger partial charge is 0.228 e. The third-order valence-electron chi connectivity index (χ3n) is 2.45. The summed E-state index contributed by atoms with van der Waals surface area (Å²) in [5, 5.41) is 3.85. The Morgan fingerprint density at radius 1 is 1.73 bits per heavy atom. The highest BCUT2D eigenvalue weighted by Crippen LogP contribution is 2.23. The van der Waals surface area contributed by atoms with Crippen LogP contribution in [0.25, 0.3) is 0 Å². The average Bonchev–Trinajstić information content (AvgIpc) is 2.60. The molecule has 1 unspecified atom stereocenters. The Kier molecular flexibility index (Phi) is 2.90. The van der Waals surface area contributed by atoms with Gasteiger partial charge in [0.25, 0.3) is 0 Å². The molecule has 2 rings (SSSR count). The van der Waals surface area contributed by atoms with Crippen LogP contribution in [0.2, 0.25) is 0 Å². The fourth-order valence-corrected chi connectivity index (χ4v) is 2.13. The van der Waals surface area contributed by atoms with Gasteiger partial charge in [-0.25, -0.2) is 4.99 Å². The molecule has 0 aromatic heterocycles. The minimum atomic E-state index is 0.154. The molecule has 5 heteroatoms. The first-order valence-corrected chi connectivity index (χ1v) is 5.89. The summed E-state index contributed by atoms with van der Waals surface area (Å²) in [6.45, 7) is 4.46. The lowest BCUT2D eigenvalue weighted by Crippen LogP contribution is -2.33. The molecule has 0 aliphatic carbocycles. The van der Waals surface area contributed by atoms with Crippen LogP contribution in [-0.2, 0) is 4.79 Å². The normalized spacial score (nSPS) is 25.5. The topological polar surface area (TPSA) is 44.7 Å². The SMILES string of the molecule is C=C1N=CC=C(N2CC(CBr)CC2=O)N1. The maximum atomic E-state index is 11.7. The summed E-state index contributed by atoms with van der Waals surface area (Å²) in [6, 6.07) is 0. The van der Waals surface area contributed by atoms with E-state index < -0.39 is 0 Å². The van der Waals surface area contributed by atoms with Crippen molar-refractivity contribution in [2.75, 3.05) is 11.9 Å². The molecule has 2 aliphatic heterocycles. The van der Waals surface area contributed by atoms with E-state index in [1.807, 2.05) is 0 Å². The Morgan fingerprint density at radius 2 is 2.53 bits per heavy atom. The molecule has 15 heavy (non-hydrogen) atoms. The Morgan fingerprint density at radius 3 is 3.13 bits per heavy atom. The molecule has 0 aromatic carbocycles. The van der Waals surface area contributed by atoms with Gasteiger partial charge in [0.2, 0.25) is 5.91 Å². The van der Waals surface area contributed by atoms with Crippen LogP contribution in [-0.4, -0.2) is 28.9 Å². The largest absolute Gasteiger partial charge is 0.327 e. The van der Waals surface area contributed by atoms with Crippen molar-refractivity contribution >= 4 is 28.1 Å². The lowest BCUT2D eigenvalue weighted by molar-refractivity contribution is -0.126. The number of hydrogen-bond acceptors (Lipinski definition) is 3. The van der Waals surface area contributed by atoms with Gasteiger partial charge < -0.3 is 5.32 Å². The maximum absolute atomic E-state index is 11.7. The number of rotatable bonds is 2. The van der Waals surface area contributed by atoms with Crippen LogP contribution >= 0.6 is 15.9 Å². The first kappa shape index (κ1) is 10.4. The van der Waals surface area contributed by atoms with Crippen molar-refractivity contribution in [1.29, 1.82) is 0 Å². The Balaban J connectivity index is 2.11. The van der Waals surface area contributed by atoms with Gasteiger partial charge in [-0.05, 0) is 12.0 Å². The fraction of sp³-hybridized carbons (Fsp3) is 0.400. The minimum absolute atomic E-state index is 0.154. The zero-order valence-electron chi connectivity index (χ0n) is 8.24. The summed E-state index contributed by atoms with van der Waals surface area (Å²) < 4.78 is 0. The van der Waals surface area contributed by atoms with Gasteiger partial charge in [-0.3, -0.25) is 9.69 Å². The van der Waals surface area contributed by atoms with Gasteiger partial charge in [-0.1, -0.05) is 22.5 Å². The summed E-state index contributed by atoms with van der Waals surface area (Å²) in [4.78, 5) is 17.4. The van der Waals surface area contributed by atoms with Crippen molar-refractivity contribution < 1.29 is 4.79 Å². The summed E-state index contributed by atoms with van der Waals surface area (Å²) in [5.74, 6) is 1.90. The molecule has 4 nitrogen and oxygen atoms in total. The van der Waals surface area contributed by atoms with Crippen molar-refractivity contribution in [2.24, 2.45) is 10.9 Å². The second kappa shape index (κ2) is 4.18. The molecule has 2 heterocycles. The number of hydrogen-bond donors (Lipinski definition) is 1. The Bertz CT molecular complexity index is 362. The van der Waals surface area contributed by atoms with E-state index in [9.17, 15) is 4.79 Å². The standard InChI is InChI=1S/C10H12BrN3O/c1-7-12-3-2-9(13-7)14-6-8(5-11)4-10(14)15/h2-3,8,13H,1,4-6H2. The summed E-state index contributed by atoms with van der Waals surface area (Å²) in [5.41, 5.74) is 0. The summed E-state index contributed by atoms with van der Waals surface area (Å²) >= 11 is 3.40. The number of carbonyl (C=O) groups is 1. The van der Waals surface area contributed by atoms with Crippen molar-refractivity contribution in [3.63, 3.8) is 0 Å². The first-order chi connectivity index (χ1) is 7.20. The summed E-state index contributed by atoms with van der Waals surface area (Å²) in [6.07, 6.45) is 4.06. The summed E-state index contributed by atoms with van der Waals surface area (Å²) in [7, 11) is 0. The van der Waals surface area contributed by atoms with E-state index in [-0.39, 0.29) is 5.91 Å². The molecule has 1 fully saturated rings. The molecule has 2 aliphatic rings. The molecule has 1 saturated heterocycles. The van der Waals surface area contributed by atoms with E-state index >= 15 is 0 Å². The molecule has 1 atom stereocenters. The molecule has 80 valence electrons.